The zero-order valence-electron chi connectivity index (χ0n) is 13.6. The number of nitrogens with one attached hydrogen (secondary N) is 2. The first-order valence-corrected chi connectivity index (χ1v) is 8.02. The van der Waals surface area contributed by atoms with Crippen LogP contribution in [-0.4, -0.2) is 45.1 Å². The summed E-state index contributed by atoms with van der Waals surface area (Å²) in [5.74, 6) is 0.828. The van der Waals surface area contributed by atoms with Crippen LogP contribution in [0.2, 0.25) is 0 Å². The Morgan fingerprint density at radius 3 is 2.87 bits per heavy atom. The lowest BCUT2D eigenvalue weighted by molar-refractivity contribution is -0.126. The van der Waals surface area contributed by atoms with Gasteiger partial charge in [0, 0.05) is 38.5 Å². The van der Waals surface area contributed by atoms with Crippen molar-refractivity contribution >= 4 is 17.5 Å². The molecule has 2 N–H and O–H groups in total. The minimum atomic E-state index is -0.291. The van der Waals surface area contributed by atoms with Crippen molar-refractivity contribution in [3.63, 3.8) is 0 Å². The van der Waals surface area contributed by atoms with E-state index in [9.17, 15) is 9.59 Å². The van der Waals surface area contributed by atoms with Crippen LogP contribution in [0.15, 0.2) is 18.2 Å². The third-order valence-electron chi connectivity index (χ3n) is 4.55. The lowest BCUT2D eigenvalue weighted by Crippen LogP contribution is -2.49. The van der Waals surface area contributed by atoms with E-state index < -0.39 is 0 Å². The first-order chi connectivity index (χ1) is 11.1. The zero-order chi connectivity index (χ0) is 16.4. The van der Waals surface area contributed by atoms with Crippen molar-refractivity contribution in [2.75, 3.05) is 38.2 Å². The number of aryl methyl sites for hydroxylation is 1. The molecule has 3 rings (SSSR count). The predicted octanol–water partition coefficient (Wildman–Crippen LogP) is 0.692. The summed E-state index contributed by atoms with van der Waals surface area (Å²) in [6.45, 7) is 4.98. The number of ether oxygens (including phenoxy) is 1. The topological polar surface area (TPSA) is 70.7 Å². The van der Waals surface area contributed by atoms with Gasteiger partial charge in [-0.2, -0.15) is 0 Å². The molecule has 1 aromatic carbocycles. The SMILES string of the molecule is COc1ccc(C)cc1N1CC(C(=O)NCC2CNC2)CC1=O. The lowest BCUT2D eigenvalue weighted by Gasteiger charge is -2.27. The van der Waals surface area contributed by atoms with Gasteiger partial charge in [0.1, 0.15) is 5.75 Å². The molecular formula is C17H23N3O3. The van der Waals surface area contributed by atoms with E-state index in [0.717, 1.165) is 24.3 Å². The van der Waals surface area contributed by atoms with Crippen LogP contribution in [0.25, 0.3) is 0 Å². The Hall–Kier alpha value is -2.08. The van der Waals surface area contributed by atoms with Crippen molar-refractivity contribution in [1.82, 2.24) is 10.6 Å². The molecule has 6 heteroatoms. The van der Waals surface area contributed by atoms with E-state index in [1.165, 1.54) is 0 Å². The highest BCUT2D eigenvalue weighted by atomic mass is 16.5. The van der Waals surface area contributed by atoms with E-state index in [1.807, 2.05) is 25.1 Å². The molecule has 2 aliphatic rings. The van der Waals surface area contributed by atoms with E-state index in [1.54, 1.807) is 12.0 Å². The van der Waals surface area contributed by atoms with Crippen molar-refractivity contribution in [3.8, 4) is 5.75 Å². The van der Waals surface area contributed by atoms with Gasteiger partial charge in [-0.3, -0.25) is 9.59 Å². The van der Waals surface area contributed by atoms with E-state index in [-0.39, 0.29) is 24.2 Å². The van der Waals surface area contributed by atoms with Gasteiger partial charge in [-0.1, -0.05) is 6.07 Å². The number of amides is 2. The Morgan fingerprint density at radius 1 is 1.43 bits per heavy atom. The van der Waals surface area contributed by atoms with Crippen LogP contribution in [0.5, 0.6) is 5.75 Å². The van der Waals surface area contributed by atoms with Crippen molar-refractivity contribution in [2.45, 2.75) is 13.3 Å². The first kappa shape index (κ1) is 15.8. The van der Waals surface area contributed by atoms with E-state index >= 15 is 0 Å². The summed E-state index contributed by atoms with van der Waals surface area (Å²) in [5, 5.41) is 6.15. The number of hydrogen-bond acceptors (Lipinski definition) is 4. The number of nitrogens with zero attached hydrogens (tertiary/aromatic N) is 1. The maximum atomic E-state index is 12.4. The molecule has 23 heavy (non-hydrogen) atoms. The molecule has 1 atom stereocenters. The van der Waals surface area contributed by atoms with Crippen LogP contribution >= 0.6 is 0 Å². The number of anilines is 1. The van der Waals surface area contributed by atoms with Gasteiger partial charge in [-0.05, 0) is 24.6 Å². The fourth-order valence-corrected chi connectivity index (χ4v) is 3.01. The summed E-state index contributed by atoms with van der Waals surface area (Å²) in [6, 6.07) is 5.73. The molecule has 0 radical (unpaired) electrons. The Labute approximate surface area is 136 Å². The van der Waals surface area contributed by atoms with Crippen molar-refractivity contribution < 1.29 is 14.3 Å². The third kappa shape index (κ3) is 3.32. The fraction of sp³-hybridized carbons (Fsp3) is 0.529. The normalized spacial score (nSPS) is 21.2. The molecule has 1 unspecified atom stereocenters. The zero-order valence-corrected chi connectivity index (χ0v) is 13.6. The fourth-order valence-electron chi connectivity index (χ4n) is 3.01. The van der Waals surface area contributed by atoms with Gasteiger partial charge in [0.2, 0.25) is 11.8 Å². The first-order valence-electron chi connectivity index (χ1n) is 8.02. The summed E-state index contributed by atoms with van der Waals surface area (Å²) in [4.78, 5) is 26.3. The van der Waals surface area contributed by atoms with Gasteiger partial charge in [0.15, 0.2) is 0 Å². The van der Waals surface area contributed by atoms with Crippen LogP contribution in [0.3, 0.4) is 0 Å². The number of rotatable bonds is 5. The van der Waals surface area contributed by atoms with Gasteiger partial charge in [0.05, 0.1) is 18.7 Å². The van der Waals surface area contributed by atoms with Crippen molar-refractivity contribution in [2.24, 2.45) is 11.8 Å². The summed E-state index contributed by atoms with van der Waals surface area (Å²) in [7, 11) is 1.59. The Balaban J connectivity index is 1.67. The second-order valence-electron chi connectivity index (χ2n) is 6.35. The van der Waals surface area contributed by atoms with Crippen LogP contribution < -0.4 is 20.3 Å². The van der Waals surface area contributed by atoms with Gasteiger partial charge in [-0.15, -0.1) is 0 Å². The number of hydrogen-bond donors (Lipinski definition) is 2. The lowest BCUT2D eigenvalue weighted by atomic mass is 10.0. The second kappa shape index (κ2) is 6.58. The average Bonchev–Trinajstić information content (AvgIpc) is 2.87. The van der Waals surface area contributed by atoms with Crippen LogP contribution in [0.1, 0.15) is 12.0 Å². The molecule has 0 spiro atoms. The minimum Gasteiger partial charge on any atom is -0.495 e. The number of methoxy groups -OCH3 is 1. The van der Waals surface area contributed by atoms with Gasteiger partial charge in [0.25, 0.3) is 0 Å². The van der Waals surface area contributed by atoms with E-state index in [0.29, 0.717) is 24.8 Å². The smallest absolute Gasteiger partial charge is 0.227 e. The summed E-state index contributed by atoms with van der Waals surface area (Å²) >= 11 is 0. The predicted molar refractivity (Wildman–Crippen MR) is 87.6 cm³/mol. The molecule has 1 aromatic rings. The largest absolute Gasteiger partial charge is 0.495 e. The van der Waals surface area contributed by atoms with Crippen molar-refractivity contribution in [3.05, 3.63) is 23.8 Å². The molecule has 2 amide bonds. The highest BCUT2D eigenvalue weighted by molar-refractivity contribution is 6.01. The van der Waals surface area contributed by atoms with Gasteiger partial charge >= 0.3 is 0 Å². The highest BCUT2D eigenvalue weighted by Gasteiger charge is 2.36. The average molecular weight is 317 g/mol. The Morgan fingerprint density at radius 2 is 2.22 bits per heavy atom. The summed E-state index contributed by atoms with van der Waals surface area (Å²) < 4.78 is 5.36. The van der Waals surface area contributed by atoms with E-state index in [2.05, 4.69) is 10.6 Å². The van der Waals surface area contributed by atoms with Crippen LogP contribution in [0.4, 0.5) is 5.69 Å². The monoisotopic (exact) mass is 317 g/mol. The molecule has 0 aromatic heterocycles. The Bertz CT molecular complexity index is 613. The molecule has 2 aliphatic heterocycles. The molecule has 2 heterocycles. The molecule has 2 saturated heterocycles. The quantitative estimate of drug-likeness (QED) is 0.838. The van der Waals surface area contributed by atoms with Crippen molar-refractivity contribution in [1.29, 1.82) is 0 Å². The number of carbonyl (C=O) groups is 2. The Kier molecular flexibility index (Phi) is 4.52. The number of benzene rings is 1. The highest BCUT2D eigenvalue weighted by Crippen LogP contribution is 2.33. The summed E-state index contributed by atoms with van der Waals surface area (Å²) in [5.41, 5.74) is 1.80. The number of carbonyl (C=O) groups excluding carboxylic acids is 2. The molecule has 0 saturated carbocycles. The molecule has 0 aliphatic carbocycles. The van der Waals surface area contributed by atoms with Crippen LogP contribution in [0, 0.1) is 18.8 Å². The maximum Gasteiger partial charge on any atom is 0.227 e. The molecule has 6 nitrogen and oxygen atoms in total. The van der Waals surface area contributed by atoms with Gasteiger partial charge < -0.3 is 20.3 Å². The summed E-state index contributed by atoms with van der Waals surface area (Å²) in [6.07, 6.45) is 0.256. The van der Waals surface area contributed by atoms with E-state index in [4.69, 9.17) is 4.74 Å². The molecular weight excluding hydrogens is 294 g/mol. The standard InChI is InChI=1S/C17H23N3O3/c1-11-3-4-15(23-2)14(5-11)20-10-13(6-16(20)21)17(22)19-9-12-7-18-8-12/h3-5,12-13,18H,6-10H2,1-2H3,(H,19,22). The molecule has 124 valence electrons. The third-order valence-corrected chi connectivity index (χ3v) is 4.55. The van der Waals surface area contributed by atoms with Gasteiger partial charge in [-0.25, -0.2) is 0 Å². The van der Waals surface area contributed by atoms with Crippen LogP contribution in [-0.2, 0) is 9.59 Å². The minimum absolute atomic E-state index is 0.0284. The second-order valence-corrected chi connectivity index (χ2v) is 6.35. The maximum absolute atomic E-state index is 12.4. The molecule has 0 bridgehead atoms. The molecule has 2 fully saturated rings.